The molecular formula is C45H42N2O9S2. The molecule has 0 amide bonds. The second-order valence-corrected chi connectivity index (χ2v) is 16.5. The van der Waals surface area contributed by atoms with Crippen LogP contribution in [0.5, 0.6) is 0 Å². The van der Waals surface area contributed by atoms with E-state index in [2.05, 4.69) is 77.7 Å². The van der Waals surface area contributed by atoms with Crippen LogP contribution in [0.3, 0.4) is 0 Å². The molecule has 0 spiro atoms. The molecule has 0 saturated heterocycles. The molecule has 6 aromatic rings. The van der Waals surface area contributed by atoms with Crippen LogP contribution in [0.15, 0.2) is 167 Å². The van der Waals surface area contributed by atoms with Crippen LogP contribution in [0.2, 0.25) is 0 Å². The van der Waals surface area contributed by atoms with Gasteiger partial charge in [0, 0.05) is 71.0 Å². The summed E-state index contributed by atoms with van der Waals surface area (Å²) in [4.78, 5) is 25.4. The zero-order valence-electron chi connectivity index (χ0n) is 31.9. The van der Waals surface area contributed by atoms with Gasteiger partial charge in [0.05, 0.1) is 7.11 Å². The summed E-state index contributed by atoms with van der Waals surface area (Å²) in [5, 5.41) is 1.47. The summed E-state index contributed by atoms with van der Waals surface area (Å²) >= 11 is 0. The maximum Gasteiger partial charge on any atom is 0.295 e. The molecule has 0 saturated carbocycles. The summed E-state index contributed by atoms with van der Waals surface area (Å²) in [5.41, 5.74) is 7.15. The van der Waals surface area contributed by atoms with Crippen LogP contribution < -0.4 is 0 Å². The molecule has 1 atom stereocenters. The van der Waals surface area contributed by atoms with Gasteiger partial charge in [-0.05, 0) is 48.0 Å². The average Bonchev–Trinajstić information content (AvgIpc) is 3.51. The number of carbonyl (C=O) groups is 2. The molecule has 298 valence electrons. The van der Waals surface area contributed by atoms with Crippen LogP contribution in [0.1, 0.15) is 28.3 Å². The lowest BCUT2D eigenvalue weighted by Crippen LogP contribution is -2.27. The fourth-order valence-corrected chi connectivity index (χ4v) is 8.66. The minimum Gasteiger partial charge on any atom is -0.493 e. The highest BCUT2D eigenvalue weighted by atomic mass is 32.2. The Kier molecular flexibility index (Phi) is 12.7. The molecule has 1 unspecified atom stereocenters. The Balaban J connectivity index is 0.000000147. The fraction of sp³-hybridized carbons (Fsp3) is 0.156. The third-order valence-electron chi connectivity index (χ3n) is 9.96. The van der Waals surface area contributed by atoms with Crippen LogP contribution in [0.25, 0.3) is 21.7 Å². The zero-order valence-corrected chi connectivity index (χ0v) is 33.5. The van der Waals surface area contributed by atoms with Crippen molar-refractivity contribution in [2.45, 2.75) is 35.2 Å². The molecule has 1 aromatic heterocycles. The highest BCUT2D eigenvalue weighted by Gasteiger charge is 2.26. The van der Waals surface area contributed by atoms with Gasteiger partial charge >= 0.3 is 0 Å². The van der Waals surface area contributed by atoms with E-state index in [1.165, 1.54) is 71.3 Å². The van der Waals surface area contributed by atoms with E-state index in [-0.39, 0.29) is 34.0 Å². The number of carbonyl (C=O) groups excluding carboxylic acids is 2. The first-order chi connectivity index (χ1) is 27.7. The van der Waals surface area contributed by atoms with Gasteiger partial charge in [-0.25, -0.2) is 0 Å². The van der Waals surface area contributed by atoms with Crippen LogP contribution >= 0.6 is 0 Å². The van der Waals surface area contributed by atoms with E-state index in [9.17, 15) is 26.4 Å². The first kappa shape index (κ1) is 41.7. The number of likely N-dealkylation sites (N-methyl/N-ethyl adjacent to an activating group) is 1. The number of aromatic nitrogens is 1. The average molecular weight is 819 g/mol. The Morgan fingerprint density at radius 3 is 1.84 bits per heavy atom. The molecule has 1 aliphatic carbocycles. The molecule has 0 radical (unpaired) electrons. The molecule has 13 heteroatoms. The van der Waals surface area contributed by atoms with Gasteiger partial charge in [-0.15, -0.1) is 6.58 Å². The van der Waals surface area contributed by atoms with Crippen LogP contribution in [-0.4, -0.2) is 67.7 Å². The molecule has 1 aliphatic heterocycles. The van der Waals surface area contributed by atoms with E-state index in [4.69, 9.17) is 13.8 Å². The highest BCUT2D eigenvalue weighted by Crippen LogP contribution is 2.32. The number of allylic oxidation sites excluding steroid dienone is 4. The number of ether oxygens (including phenoxy) is 1. The maximum atomic E-state index is 12.1. The monoisotopic (exact) mass is 818 g/mol. The third-order valence-corrected chi connectivity index (χ3v) is 11.8. The molecule has 0 bridgehead atoms. The van der Waals surface area contributed by atoms with E-state index in [0.29, 0.717) is 5.57 Å². The van der Waals surface area contributed by atoms with E-state index >= 15 is 0 Å². The molecule has 58 heavy (non-hydrogen) atoms. The molecule has 2 heterocycles. The molecule has 0 fully saturated rings. The number of rotatable bonds is 8. The minimum atomic E-state index is -4.47. The second kappa shape index (κ2) is 17.7. The number of methoxy groups -OCH3 is 1. The van der Waals surface area contributed by atoms with Crippen molar-refractivity contribution in [3.63, 3.8) is 0 Å². The third kappa shape index (κ3) is 9.25. The molecule has 11 nitrogen and oxygen atoms in total. The largest absolute Gasteiger partial charge is 0.493 e. The molecule has 5 aromatic carbocycles. The quantitative estimate of drug-likeness (QED) is 0.0891. The van der Waals surface area contributed by atoms with Crippen molar-refractivity contribution in [1.82, 2.24) is 9.47 Å². The normalized spacial score (nSPS) is 14.9. The summed E-state index contributed by atoms with van der Waals surface area (Å²) in [6, 6.07) is 36.6. The summed E-state index contributed by atoms with van der Waals surface area (Å²) in [7, 11) is -5.35. The van der Waals surface area contributed by atoms with Crippen LogP contribution in [0, 0.1) is 0 Å². The number of hydrogen-bond donors (Lipinski definition) is 2. The SMILES string of the molecule is C=CC(C1=CC(=O)C(OC)=CC1=O)c1ccccc1.CN1CCc2c(c3ccccc3n2Cc2ccccc2)C1.O=S(=O)(O)c1cccc2c(S(=O)(=O)O)cccc12. The minimum absolute atomic E-state index is 0.0233. The van der Waals surface area contributed by atoms with Crippen LogP contribution in [0.4, 0.5) is 0 Å². The smallest absolute Gasteiger partial charge is 0.295 e. The van der Waals surface area contributed by atoms with Crippen molar-refractivity contribution in [3.05, 3.63) is 180 Å². The molecule has 2 aliphatic rings. The Labute approximate surface area is 337 Å². The Hall–Kier alpha value is -5.96. The van der Waals surface area contributed by atoms with Gasteiger partial charge < -0.3 is 14.2 Å². The van der Waals surface area contributed by atoms with Crippen molar-refractivity contribution in [1.29, 1.82) is 0 Å². The fourth-order valence-electron chi connectivity index (χ4n) is 7.25. The summed E-state index contributed by atoms with van der Waals surface area (Å²) in [6.45, 7) is 6.95. The van der Waals surface area contributed by atoms with Gasteiger partial charge in [0.15, 0.2) is 11.5 Å². The van der Waals surface area contributed by atoms with Gasteiger partial charge in [0.1, 0.15) is 9.79 Å². The standard InChI is InChI=1S/C19H20N2.C16H14O3.C10H8O6S2/c1-20-12-11-19-17(14-20)16-9-5-6-10-18(16)21(19)13-15-7-3-2-4-8-15;1-3-12(11-7-5-4-6-8-11)13-9-15(18)16(19-2)10-14(13)17;11-17(12,13)9-5-1-3-7-8(9)4-2-6-10(7)18(14,15)16/h2-10H,11-14H2,1H3;3-10,12H,1H2,2H3;1-6H,(H,11,12,13)(H,14,15,16). The lowest BCUT2D eigenvalue weighted by atomic mass is 9.85. The summed E-state index contributed by atoms with van der Waals surface area (Å²) in [6.07, 6.45) is 5.38. The van der Waals surface area contributed by atoms with E-state index in [0.717, 1.165) is 43.8 Å². The van der Waals surface area contributed by atoms with Gasteiger partial charge in [-0.3, -0.25) is 18.7 Å². The molecular weight excluding hydrogens is 777 g/mol. The number of hydrogen-bond acceptors (Lipinski definition) is 8. The van der Waals surface area contributed by atoms with Crippen molar-refractivity contribution >= 4 is 53.5 Å². The first-order valence-electron chi connectivity index (χ1n) is 18.2. The predicted octanol–water partition coefficient (Wildman–Crippen LogP) is 7.58. The second-order valence-electron chi connectivity index (χ2n) is 13.7. The van der Waals surface area contributed by atoms with Crippen molar-refractivity contribution < 1.29 is 40.3 Å². The Morgan fingerprint density at radius 1 is 0.724 bits per heavy atom. The number of fused-ring (bicyclic) bond motifs is 4. The lowest BCUT2D eigenvalue weighted by molar-refractivity contribution is -0.117. The zero-order chi connectivity index (χ0) is 41.6. The summed E-state index contributed by atoms with van der Waals surface area (Å²) in [5.74, 6) is -0.720. The Bertz CT molecular complexity index is 2720. The summed E-state index contributed by atoms with van der Waals surface area (Å²) < 4.78 is 70.1. The number of nitrogens with zero attached hydrogens (tertiary/aromatic N) is 2. The van der Waals surface area contributed by atoms with E-state index < -0.39 is 30.0 Å². The predicted molar refractivity (Wildman–Crippen MR) is 224 cm³/mol. The van der Waals surface area contributed by atoms with Gasteiger partial charge in [0.2, 0.25) is 5.78 Å². The highest BCUT2D eigenvalue weighted by molar-refractivity contribution is 7.86. The number of benzene rings is 5. The van der Waals surface area contributed by atoms with Crippen molar-refractivity contribution in [3.8, 4) is 0 Å². The van der Waals surface area contributed by atoms with E-state index in [1.54, 1.807) is 6.08 Å². The van der Waals surface area contributed by atoms with Gasteiger partial charge in [0.25, 0.3) is 20.2 Å². The topological polar surface area (TPSA) is 160 Å². The molecule has 2 N–H and O–H groups in total. The van der Waals surface area contributed by atoms with Gasteiger partial charge in [-0.2, -0.15) is 16.8 Å². The van der Waals surface area contributed by atoms with Crippen molar-refractivity contribution in [2.75, 3.05) is 20.7 Å². The number of ketones is 2. The van der Waals surface area contributed by atoms with E-state index in [1.807, 2.05) is 30.3 Å². The molecule has 8 rings (SSSR count). The first-order valence-corrected chi connectivity index (χ1v) is 21.1. The van der Waals surface area contributed by atoms with Crippen LogP contribution in [-0.2, 0) is 54.1 Å². The lowest BCUT2D eigenvalue weighted by Gasteiger charge is -2.24. The number of para-hydroxylation sites is 1. The maximum absolute atomic E-state index is 12.1. The van der Waals surface area contributed by atoms with Crippen molar-refractivity contribution in [2.24, 2.45) is 0 Å². The van der Waals surface area contributed by atoms with Gasteiger partial charge in [-0.1, -0.05) is 109 Å². The Morgan fingerprint density at radius 2 is 1.28 bits per heavy atom.